The molecule has 188 valence electrons. The van der Waals surface area contributed by atoms with Crippen LogP contribution in [0.2, 0.25) is 0 Å². The lowest BCUT2D eigenvalue weighted by molar-refractivity contribution is -0.166. The number of hydrogen-bond donors (Lipinski definition) is 0. The Morgan fingerprint density at radius 2 is 0.784 bits per heavy atom. The summed E-state index contributed by atoms with van der Waals surface area (Å²) in [7, 11) is -1.10. The molecule has 2 nitrogen and oxygen atoms in total. The summed E-state index contributed by atoms with van der Waals surface area (Å²) in [5, 5.41) is 5.64. The smallest absolute Gasteiger partial charge is 0.169 e. The van der Waals surface area contributed by atoms with E-state index in [0.717, 1.165) is 25.2 Å². The zero-order valence-electron chi connectivity index (χ0n) is 21.2. The lowest BCUT2D eigenvalue weighted by Crippen LogP contribution is -2.33. The molecule has 2 fully saturated rings. The van der Waals surface area contributed by atoms with Crippen LogP contribution in [0.5, 0.6) is 0 Å². The highest BCUT2D eigenvalue weighted by Crippen LogP contribution is 2.48. The average molecular weight is 525 g/mol. The molecule has 1 heterocycles. The van der Waals surface area contributed by atoms with Gasteiger partial charge in [-0.2, -0.15) is 0 Å². The van der Waals surface area contributed by atoms with E-state index in [2.05, 4.69) is 121 Å². The van der Waals surface area contributed by atoms with Gasteiger partial charge in [0.1, 0.15) is 0 Å². The van der Waals surface area contributed by atoms with Gasteiger partial charge in [-0.15, -0.1) is 0 Å². The van der Waals surface area contributed by atoms with Gasteiger partial charge in [0.15, 0.2) is 5.79 Å². The van der Waals surface area contributed by atoms with Gasteiger partial charge in [0.05, 0.1) is 12.2 Å². The van der Waals surface area contributed by atoms with Gasteiger partial charge >= 0.3 is 0 Å². The Balaban J connectivity index is 1.34. The van der Waals surface area contributed by atoms with Gasteiger partial charge in [0, 0.05) is 25.2 Å². The third-order valence-corrected chi connectivity index (χ3v) is 12.6. The van der Waals surface area contributed by atoms with Gasteiger partial charge in [-0.3, -0.25) is 0 Å². The van der Waals surface area contributed by atoms with Gasteiger partial charge in [-0.25, -0.2) is 0 Å². The molecular formula is C33H34O2P2. The predicted octanol–water partition coefficient (Wildman–Crippen LogP) is 6.31. The minimum Gasteiger partial charge on any atom is -0.344 e. The number of hydrogen-bond acceptors (Lipinski definition) is 2. The highest BCUT2D eigenvalue weighted by Gasteiger charge is 2.50. The predicted molar refractivity (Wildman–Crippen MR) is 159 cm³/mol. The van der Waals surface area contributed by atoms with Crippen LogP contribution in [0, 0.1) is 0 Å². The fourth-order valence-corrected chi connectivity index (χ4v) is 10.6. The Hall–Kier alpha value is -2.34. The summed E-state index contributed by atoms with van der Waals surface area (Å²) in [6, 6.07) is 44.1. The van der Waals surface area contributed by atoms with Crippen molar-refractivity contribution in [3.8, 4) is 0 Å². The molecule has 0 aromatic heterocycles. The molecule has 2 atom stereocenters. The molecule has 1 aliphatic heterocycles. The van der Waals surface area contributed by atoms with Crippen LogP contribution in [-0.2, 0) is 9.47 Å². The third kappa shape index (κ3) is 5.74. The van der Waals surface area contributed by atoms with E-state index in [9.17, 15) is 0 Å². The van der Waals surface area contributed by atoms with Crippen LogP contribution in [0.1, 0.15) is 25.7 Å². The van der Waals surface area contributed by atoms with E-state index >= 15 is 0 Å². The van der Waals surface area contributed by atoms with Gasteiger partial charge in [0.25, 0.3) is 0 Å². The first kappa shape index (κ1) is 25.0. The van der Waals surface area contributed by atoms with Crippen LogP contribution in [0.15, 0.2) is 121 Å². The summed E-state index contributed by atoms with van der Waals surface area (Å²) >= 11 is 0. The lowest BCUT2D eigenvalue weighted by Gasteiger charge is -2.27. The van der Waals surface area contributed by atoms with Crippen LogP contribution in [0.25, 0.3) is 0 Å². The van der Waals surface area contributed by atoms with Crippen LogP contribution in [0.4, 0.5) is 0 Å². The number of benzene rings is 4. The van der Waals surface area contributed by atoms with E-state index in [1.54, 1.807) is 0 Å². The van der Waals surface area contributed by atoms with Crippen LogP contribution in [0.3, 0.4) is 0 Å². The maximum absolute atomic E-state index is 6.97. The van der Waals surface area contributed by atoms with E-state index in [-0.39, 0.29) is 12.2 Å². The Morgan fingerprint density at radius 3 is 1.08 bits per heavy atom. The van der Waals surface area contributed by atoms with Gasteiger partial charge < -0.3 is 9.47 Å². The van der Waals surface area contributed by atoms with Crippen molar-refractivity contribution in [2.75, 3.05) is 12.3 Å². The molecule has 0 N–H and O–H groups in total. The highest BCUT2D eigenvalue weighted by molar-refractivity contribution is 7.73. The fraction of sp³-hybridized carbons (Fsp3) is 0.273. The van der Waals surface area contributed by atoms with Crippen LogP contribution in [-0.4, -0.2) is 30.3 Å². The van der Waals surface area contributed by atoms with Crippen molar-refractivity contribution < 1.29 is 9.47 Å². The lowest BCUT2D eigenvalue weighted by atomic mass is 10.2. The van der Waals surface area contributed by atoms with E-state index < -0.39 is 21.6 Å². The Morgan fingerprint density at radius 1 is 0.486 bits per heavy atom. The standard InChI is InChI=1S/C33H34O2P2/c1-5-15-27(16-6-1)36(28-17-7-2-8-18-28)25-31-32(35-33(34-31)23-13-14-24-33)26-37(29-19-9-3-10-20-29)30-21-11-4-12-22-30/h1-12,15-22,31-32H,13-14,23-26H2. The molecule has 2 aliphatic rings. The molecule has 1 saturated heterocycles. The number of ether oxygens (including phenoxy) is 2. The SMILES string of the molecule is c1ccc(P(CC2OC3(CCCC3)OC2CP(c2ccccc2)c2ccccc2)c2ccccc2)cc1. The molecule has 4 aromatic rings. The molecule has 1 aliphatic carbocycles. The molecule has 1 spiro atoms. The monoisotopic (exact) mass is 524 g/mol. The zero-order valence-corrected chi connectivity index (χ0v) is 22.9. The van der Waals surface area contributed by atoms with Crippen LogP contribution >= 0.6 is 15.8 Å². The second-order valence-electron chi connectivity index (χ2n) is 9.99. The molecule has 4 heteroatoms. The van der Waals surface area contributed by atoms with E-state index in [0.29, 0.717) is 0 Å². The van der Waals surface area contributed by atoms with E-state index in [1.165, 1.54) is 34.1 Å². The average Bonchev–Trinajstić information content (AvgIpc) is 3.57. The normalized spacial score (nSPS) is 20.7. The first-order chi connectivity index (χ1) is 18.3. The molecule has 1 saturated carbocycles. The van der Waals surface area contributed by atoms with Gasteiger partial charge in [0.2, 0.25) is 0 Å². The summed E-state index contributed by atoms with van der Waals surface area (Å²) in [6.07, 6.45) is 6.57. The zero-order chi connectivity index (χ0) is 24.9. The molecule has 0 bridgehead atoms. The molecule has 6 rings (SSSR count). The van der Waals surface area contributed by atoms with Crippen molar-refractivity contribution in [3.05, 3.63) is 121 Å². The Bertz CT molecular complexity index is 1070. The molecule has 2 unspecified atom stereocenters. The van der Waals surface area contributed by atoms with Gasteiger partial charge in [-0.05, 0) is 49.9 Å². The van der Waals surface area contributed by atoms with Crippen molar-refractivity contribution in [1.82, 2.24) is 0 Å². The second-order valence-corrected chi connectivity index (χ2v) is 14.5. The molecular weight excluding hydrogens is 490 g/mol. The van der Waals surface area contributed by atoms with E-state index in [1.807, 2.05) is 0 Å². The first-order valence-electron chi connectivity index (χ1n) is 13.4. The summed E-state index contributed by atoms with van der Waals surface area (Å²) in [4.78, 5) is 0. The molecule has 0 radical (unpaired) electrons. The van der Waals surface area contributed by atoms with Crippen LogP contribution < -0.4 is 21.2 Å². The highest BCUT2D eigenvalue weighted by atomic mass is 31.1. The maximum atomic E-state index is 6.97. The minimum absolute atomic E-state index is 0.0852. The molecule has 0 amide bonds. The summed E-state index contributed by atoms with van der Waals surface area (Å²) in [5.41, 5.74) is 0. The van der Waals surface area contributed by atoms with Crippen molar-refractivity contribution in [1.29, 1.82) is 0 Å². The van der Waals surface area contributed by atoms with Crippen molar-refractivity contribution in [3.63, 3.8) is 0 Å². The largest absolute Gasteiger partial charge is 0.344 e. The third-order valence-electron chi connectivity index (χ3n) is 7.51. The second kappa shape index (κ2) is 11.6. The Labute approximate surface area is 223 Å². The first-order valence-corrected chi connectivity index (χ1v) is 16.5. The topological polar surface area (TPSA) is 18.5 Å². The summed E-state index contributed by atoms with van der Waals surface area (Å²) in [6.45, 7) is 0. The Kier molecular flexibility index (Phi) is 7.82. The summed E-state index contributed by atoms with van der Waals surface area (Å²) in [5.74, 6) is -0.391. The summed E-state index contributed by atoms with van der Waals surface area (Å²) < 4.78 is 13.9. The van der Waals surface area contributed by atoms with Gasteiger partial charge in [-0.1, -0.05) is 121 Å². The molecule has 4 aromatic carbocycles. The van der Waals surface area contributed by atoms with Crippen molar-refractivity contribution >= 4 is 37.1 Å². The molecule has 37 heavy (non-hydrogen) atoms. The minimum atomic E-state index is -0.551. The quantitative estimate of drug-likeness (QED) is 0.252. The van der Waals surface area contributed by atoms with E-state index in [4.69, 9.17) is 9.47 Å². The van der Waals surface area contributed by atoms with Crippen molar-refractivity contribution in [2.45, 2.75) is 43.7 Å². The fourth-order valence-electron chi connectivity index (χ4n) is 5.70. The van der Waals surface area contributed by atoms with Crippen molar-refractivity contribution in [2.24, 2.45) is 0 Å². The maximum Gasteiger partial charge on any atom is 0.169 e. The number of rotatable bonds is 8.